The van der Waals surface area contributed by atoms with Gasteiger partial charge in [0.2, 0.25) is 0 Å². The van der Waals surface area contributed by atoms with Crippen LogP contribution in [0.15, 0.2) is 24.3 Å². The number of ether oxygens (including phenoxy) is 2. The van der Waals surface area contributed by atoms with Crippen molar-refractivity contribution in [1.29, 1.82) is 0 Å². The molecule has 1 aliphatic heterocycles. The molecule has 1 saturated carbocycles. The summed E-state index contributed by atoms with van der Waals surface area (Å²) in [5, 5.41) is 3.65. The van der Waals surface area contributed by atoms with E-state index in [1.54, 1.807) is 0 Å². The predicted octanol–water partition coefficient (Wildman–Crippen LogP) is 3.31. The number of benzene rings is 1. The third-order valence-corrected chi connectivity index (χ3v) is 4.19. The average Bonchev–Trinajstić information content (AvgIpc) is 3.30. The summed E-state index contributed by atoms with van der Waals surface area (Å²) >= 11 is 0. The molecule has 1 aromatic rings. The van der Waals surface area contributed by atoms with Crippen molar-refractivity contribution in [3.63, 3.8) is 0 Å². The first-order chi connectivity index (χ1) is 9.86. The minimum absolute atomic E-state index is 0.218. The molecule has 2 unspecified atom stereocenters. The highest BCUT2D eigenvalue weighted by Crippen LogP contribution is 2.35. The summed E-state index contributed by atoms with van der Waals surface area (Å²) in [6, 6.07) is 9.18. The highest BCUT2D eigenvalue weighted by Gasteiger charge is 2.29. The first-order valence-corrected chi connectivity index (χ1v) is 7.94. The van der Waals surface area contributed by atoms with Crippen molar-refractivity contribution >= 4 is 0 Å². The van der Waals surface area contributed by atoms with Crippen LogP contribution < -0.4 is 10.1 Å². The maximum atomic E-state index is 6.07. The second kappa shape index (κ2) is 6.59. The van der Waals surface area contributed by atoms with Crippen molar-refractivity contribution in [3.05, 3.63) is 29.8 Å². The van der Waals surface area contributed by atoms with E-state index in [2.05, 4.69) is 23.5 Å². The van der Waals surface area contributed by atoms with Gasteiger partial charge in [-0.25, -0.2) is 0 Å². The molecular weight excluding hydrogens is 250 g/mol. The Balaban J connectivity index is 1.68. The second-order valence-electron chi connectivity index (χ2n) is 5.88. The van der Waals surface area contributed by atoms with E-state index < -0.39 is 0 Å². The quantitative estimate of drug-likeness (QED) is 0.864. The lowest BCUT2D eigenvalue weighted by Gasteiger charge is -2.32. The number of hydrogen-bond acceptors (Lipinski definition) is 3. The lowest BCUT2D eigenvalue weighted by molar-refractivity contribution is -0.0279. The van der Waals surface area contributed by atoms with Gasteiger partial charge in [-0.15, -0.1) is 0 Å². The van der Waals surface area contributed by atoms with Gasteiger partial charge in [-0.05, 0) is 50.3 Å². The van der Waals surface area contributed by atoms with E-state index in [4.69, 9.17) is 9.47 Å². The molecule has 0 aromatic heterocycles. The van der Waals surface area contributed by atoms with Crippen LogP contribution >= 0.6 is 0 Å². The highest BCUT2D eigenvalue weighted by molar-refractivity contribution is 5.30. The van der Waals surface area contributed by atoms with Gasteiger partial charge in [-0.2, -0.15) is 0 Å². The van der Waals surface area contributed by atoms with Gasteiger partial charge < -0.3 is 14.8 Å². The predicted molar refractivity (Wildman–Crippen MR) is 80.1 cm³/mol. The molecule has 1 N–H and O–H groups in total. The molecule has 2 atom stereocenters. The Kier molecular flexibility index (Phi) is 4.58. The van der Waals surface area contributed by atoms with Crippen LogP contribution in [-0.2, 0) is 4.74 Å². The molecule has 3 heteroatoms. The van der Waals surface area contributed by atoms with E-state index in [1.165, 1.54) is 31.2 Å². The van der Waals surface area contributed by atoms with E-state index in [0.29, 0.717) is 12.5 Å². The third kappa shape index (κ3) is 3.53. The lowest BCUT2D eigenvalue weighted by atomic mass is 9.89. The van der Waals surface area contributed by atoms with E-state index in [-0.39, 0.29) is 6.10 Å². The molecule has 1 saturated heterocycles. The maximum absolute atomic E-state index is 6.07. The van der Waals surface area contributed by atoms with Crippen molar-refractivity contribution in [2.24, 2.45) is 5.92 Å². The van der Waals surface area contributed by atoms with Gasteiger partial charge >= 0.3 is 0 Å². The zero-order valence-corrected chi connectivity index (χ0v) is 12.3. The molecule has 0 amide bonds. The molecule has 20 heavy (non-hydrogen) atoms. The Hall–Kier alpha value is -1.06. The Morgan fingerprint density at radius 1 is 1.30 bits per heavy atom. The third-order valence-electron chi connectivity index (χ3n) is 4.19. The van der Waals surface area contributed by atoms with Crippen molar-refractivity contribution in [2.45, 2.75) is 44.8 Å². The standard InChI is InChI=1S/C17H25NO2/c1-2-19-16-7-3-5-13(11-16)17-14(6-4-10-20-17)12-18-15-8-9-15/h3,5,7,11,14-15,17-18H,2,4,6,8-10,12H2,1H3. The smallest absolute Gasteiger partial charge is 0.119 e. The van der Waals surface area contributed by atoms with Gasteiger partial charge in [0, 0.05) is 25.1 Å². The van der Waals surface area contributed by atoms with Crippen molar-refractivity contribution < 1.29 is 9.47 Å². The van der Waals surface area contributed by atoms with E-state index in [1.807, 2.05) is 13.0 Å². The molecule has 1 aliphatic carbocycles. The normalized spacial score (nSPS) is 26.4. The molecule has 2 fully saturated rings. The van der Waals surface area contributed by atoms with Crippen LogP contribution in [0.3, 0.4) is 0 Å². The SMILES string of the molecule is CCOc1cccc(C2OCCCC2CNC2CC2)c1. The van der Waals surface area contributed by atoms with E-state index in [0.717, 1.165) is 24.9 Å². The zero-order valence-electron chi connectivity index (χ0n) is 12.3. The van der Waals surface area contributed by atoms with Crippen LogP contribution in [-0.4, -0.2) is 25.8 Å². The molecule has 0 spiro atoms. The van der Waals surface area contributed by atoms with Gasteiger partial charge in [0.15, 0.2) is 0 Å². The monoisotopic (exact) mass is 275 g/mol. The van der Waals surface area contributed by atoms with Crippen LogP contribution in [0.2, 0.25) is 0 Å². The Morgan fingerprint density at radius 2 is 2.20 bits per heavy atom. The summed E-state index contributed by atoms with van der Waals surface area (Å²) in [7, 11) is 0. The fourth-order valence-electron chi connectivity index (χ4n) is 2.97. The van der Waals surface area contributed by atoms with E-state index in [9.17, 15) is 0 Å². The number of hydrogen-bond donors (Lipinski definition) is 1. The minimum atomic E-state index is 0.218. The number of rotatable bonds is 6. The van der Waals surface area contributed by atoms with Crippen molar-refractivity contribution in [3.8, 4) is 5.75 Å². The first-order valence-electron chi connectivity index (χ1n) is 7.94. The highest BCUT2D eigenvalue weighted by atomic mass is 16.5. The Labute approximate surface area is 121 Å². The van der Waals surface area contributed by atoms with Crippen LogP contribution in [0.1, 0.15) is 44.3 Å². The van der Waals surface area contributed by atoms with Gasteiger partial charge in [0.25, 0.3) is 0 Å². The largest absolute Gasteiger partial charge is 0.494 e. The van der Waals surface area contributed by atoms with Gasteiger partial charge in [-0.1, -0.05) is 12.1 Å². The van der Waals surface area contributed by atoms with Crippen LogP contribution in [0.5, 0.6) is 5.75 Å². The fraction of sp³-hybridized carbons (Fsp3) is 0.647. The molecule has 110 valence electrons. The van der Waals surface area contributed by atoms with Crippen molar-refractivity contribution in [1.82, 2.24) is 5.32 Å². The molecule has 3 rings (SSSR count). The summed E-state index contributed by atoms with van der Waals surface area (Å²) in [6.45, 7) is 4.69. The van der Waals surface area contributed by atoms with Crippen LogP contribution in [0, 0.1) is 5.92 Å². The van der Waals surface area contributed by atoms with Gasteiger partial charge in [0.1, 0.15) is 5.75 Å². The summed E-state index contributed by atoms with van der Waals surface area (Å²) in [5.74, 6) is 1.54. The topological polar surface area (TPSA) is 30.5 Å². The summed E-state index contributed by atoms with van der Waals surface area (Å²) in [4.78, 5) is 0. The molecule has 2 aliphatic rings. The molecule has 0 radical (unpaired) electrons. The second-order valence-corrected chi connectivity index (χ2v) is 5.88. The van der Waals surface area contributed by atoms with Gasteiger partial charge in [0.05, 0.1) is 12.7 Å². The maximum Gasteiger partial charge on any atom is 0.119 e. The van der Waals surface area contributed by atoms with E-state index >= 15 is 0 Å². The molecule has 0 bridgehead atoms. The van der Waals surface area contributed by atoms with Gasteiger partial charge in [-0.3, -0.25) is 0 Å². The minimum Gasteiger partial charge on any atom is -0.494 e. The zero-order chi connectivity index (χ0) is 13.8. The average molecular weight is 275 g/mol. The van der Waals surface area contributed by atoms with Crippen molar-refractivity contribution in [2.75, 3.05) is 19.8 Å². The molecule has 3 nitrogen and oxygen atoms in total. The molecular formula is C17H25NO2. The fourth-order valence-corrected chi connectivity index (χ4v) is 2.97. The lowest BCUT2D eigenvalue weighted by Crippen LogP contribution is -2.32. The van der Waals surface area contributed by atoms with Crippen LogP contribution in [0.25, 0.3) is 0 Å². The summed E-state index contributed by atoms with van der Waals surface area (Å²) in [5.41, 5.74) is 1.26. The summed E-state index contributed by atoms with van der Waals surface area (Å²) < 4.78 is 11.7. The molecule has 1 aromatic carbocycles. The molecule has 1 heterocycles. The first kappa shape index (κ1) is 13.9. The number of nitrogens with one attached hydrogen (secondary N) is 1. The Bertz CT molecular complexity index is 431. The Morgan fingerprint density at radius 3 is 3.00 bits per heavy atom. The van der Waals surface area contributed by atoms with Crippen LogP contribution in [0.4, 0.5) is 0 Å². The summed E-state index contributed by atoms with van der Waals surface area (Å²) in [6.07, 6.45) is 5.34.